The molecule has 24 heavy (non-hydrogen) atoms. The largest absolute Gasteiger partial charge is 0.295 e. The Morgan fingerprint density at radius 3 is 1.79 bits per heavy atom. The molecule has 0 heterocycles. The summed E-state index contributed by atoms with van der Waals surface area (Å²) < 4.78 is 0. The zero-order chi connectivity index (χ0) is 17.7. The van der Waals surface area contributed by atoms with E-state index in [0.717, 1.165) is 11.6 Å². The van der Waals surface area contributed by atoms with Gasteiger partial charge in [0.25, 0.3) is 0 Å². The molecule has 2 aromatic carbocycles. The van der Waals surface area contributed by atoms with Crippen LogP contribution in [0.15, 0.2) is 54.6 Å². The molecule has 2 rings (SSSR count). The maximum Gasteiger partial charge on any atom is 0.0406 e. The molecule has 0 radical (unpaired) electrons. The molecule has 0 atom stereocenters. The second-order valence-electron chi connectivity index (χ2n) is 6.86. The summed E-state index contributed by atoms with van der Waals surface area (Å²) in [6.07, 6.45) is 2.33. The average molecular weight is 342 g/mol. The summed E-state index contributed by atoms with van der Waals surface area (Å²) in [5.74, 6) is 0. The molecule has 0 fully saturated rings. The van der Waals surface area contributed by atoms with Crippen molar-refractivity contribution in [3.8, 4) is 11.1 Å². The van der Waals surface area contributed by atoms with Crippen molar-refractivity contribution in [2.75, 3.05) is 6.54 Å². The molecule has 0 N–H and O–H groups in total. The zero-order valence-corrected chi connectivity index (χ0v) is 16.1. The van der Waals surface area contributed by atoms with Crippen LogP contribution < -0.4 is 0 Å². The van der Waals surface area contributed by atoms with Crippen LogP contribution in [0, 0.1) is 0 Å². The standard InChI is InChI=1S/C22H28ClN/c1-16(2)24(17(3)4)15-14-18(5)19-6-8-20(9-7-19)21-10-12-22(23)13-11-21/h6-14,16-17H,15H2,1-5H3. The molecule has 2 aromatic rings. The first kappa shape index (κ1) is 18.8. The van der Waals surface area contributed by atoms with E-state index < -0.39 is 0 Å². The highest BCUT2D eigenvalue weighted by atomic mass is 35.5. The molecular formula is C22H28ClN. The summed E-state index contributed by atoms with van der Waals surface area (Å²) in [4.78, 5) is 2.49. The Hall–Kier alpha value is -1.57. The monoisotopic (exact) mass is 341 g/mol. The molecule has 0 saturated heterocycles. The summed E-state index contributed by atoms with van der Waals surface area (Å²) in [7, 11) is 0. The number of nitrogens with zero attached hydrogens (tertiary/aromatic N) is 1. The lowest BCUT2D eigenvalue weighted by molar-refractivity contribution is 0.196. The van der Waals surface area contributed by atoms with Crippen LogP contribution in [-0.2, 0) is 0 Å². The van der Waals surface area contributed by atoms with E-state index in [1.807, 2.05) is 12.1 Å². The van der Waals surface area contributed by atoms with E-state index in [-0.39, 0.29) is 0 Å². The number of benzene rings is 2. The topological polar surface area (TPSA) is 3.24 Å². The molecule has 0 aromatic heterocycles. The normalized spacial score (nSPS) is 12.5. The highest BCUT2D eigenvalue weighted by Gasteiger charge is 2.11. The highest BCUT2D eigenvalue weighted by Crippen LogP contribution is 2.24. The second-order valence-corrected chi connectivity index (χ2v) is 7.29. The SMILES string of the molecule is CC(=CCN(C(C)C)C(C)C)c1ccc(-c2ccc(Cl)cc2)cc1. The fourth-order valence-corrected chi connectivity index (χ4v) is 3.07. The van der Waals surface area contributed by atoms with Gasteiger partial charge >= 0.3 is 0 Å². The van der Waals surface area contributed by atoms with Crippen LogP contribution in [0.3, 0.4) is 0 Å². The Bertz CT molecular complexity index is 658. The van der Waals surface area contributed by atoms with E-state index in [1.165, 1.54) is 22.3 Å². The number of hydrogen-bond donors (Lipinski definition) is 0. The molecule has 0 aliphatic rings. The summed E-state index contributed by atoms with van der Waals surface area (Å²) >= 11 is 5.96. The van der Waals surface area contributed by atoms with Gasteiger partial charge in [0, 0.05) is 23.7 Å². The molecule has 0 spiro atoms. The van der Waals surface area contributed by atoms with Crippen molar-refractivity contribution in [2.45, 2.75) is 46.7 Å². The van der Waals surface area contributed by atoms with Crippen LogP contribution in [0.25, 0.3) is 16.7 Å². The molecule has 2 heteroatoms. The van der Waals surface area contributed by atoms with Gasteiger partial charge in [-0.2, -0.15) is 0 Å². The van der Waals surface area contributed by atoms with E-state index >= 15 is 0 Å². The third-order valence-electron chi connectivity index (χ3n) is 4.45. The molecule has 128 valence electrons. The Morgan fingerprint density at radius 1 is 0.875 bits per heavy atom. The smallest absolute Gasteiger partial charge is 0.0406 e. The van der Waals surface area contributed by atoms with Crippen molar-refractivity contribution in [1.82, 2.24) is 4.90 Å². The highest BCUT2D eigenvalue weighted by molar-refractivity contribution is 6.30. The summed E-state index contributed by atoms with van der Waals surface area (Å²) in [6.45, 7) is 12.2. The van der Waals surface area contributed by atoms with E-state index in [2.05, 4.69) is 82.0 Å². The molecular weight excluding hydrogens is 314 g/mol. The van der Waals surface area contributed by atoms with Crippen LogP contribution >= 0.6 is 11.6 Å². The van der Waals surface area contributed by atoms with Gasteiger partial charge in [0.05, 0.1) is 0 Å². The molecule has 0 aliphatic carbocycles. The molecule has 0 amide bonds. The number of allylic oxidation sites excluding steroid dienone is 1. The number of hydrogen-bond acceptors (Lipinski definition) is 1. The van der Waals surface area contributed by atoms with Crippen LogP contribution in [0.5, 0.6) is 0 Å². The first-order valence-electron chi connectivity index (χ1n) is 8.67. The maximum absolute atomic E-state index is 5.96. The molecule has 0 aliphatic heterocycles. The van der Waals surface area contributed by atoms with Crippen molar-refractivity contribution in [2.24, 2.45) is 0 Å². The van der Waals surface area contributed by atoms with Gasteiger partial charge in [0.1, 0.15) is 0 Å². The summed E-state index contributed by atoms with van der Waals surface area (Å²) in [5.41, 5.74) is 5.01. The predicted molar refractivity (Wildman–Crippen MR) is 108 cm³/mol. The third-order valence-corrected chi connectivity index (χ3v) is 4.70. The number of rotatable bonds is 6. The third kappa shape index (κ3) is 4.96. The average Bonchev–Trinajstić information content (AvgIpc) is 2.55. The minimum atomic E-state index is 0.557. The van der Waals surface area contributed by atoms with Crippen molar-refractivity contribution in [1.29, 1.82) is 0 Å². The van der Waals surface area contributed by atoms with Gasteiger partial charge in [-0.25, -0.2) is 0 Å². The van der Waals surface area contributed by atoms with Crippen molar-refractivity contribution < 1.29 is 0 Å². The lowest BCUT2D eigenvalue weighted by Crippen LogP contribution is -2.37. The molecule has 0 bridgehead atoms. The maximum atomic E-state index is 5.96. The first-order chi connectivity index (χ1) is 11.4. The summed E-state index contributed by atoms with van der Waals surface area (Å²) in [6, 6.07) is 17.9. The van der Waals surface area contributed by atoms with E-state index in [9.17, 15) is 0 Å². The Morgan fingerprint density at radius 2 is 1.33 bits per heavy atom. The van der Waals surface area contributed by atoms with Crippen molar-refractivity contribution in [3.05, 3.63) is 65.2 Å². The van der Waals surface area contributed by atoms with Crippen molar-refractivity contribution in [3.63, 3.8) is 0 Å². The van der Waals surface area contributed by atoms with Gasteiger partial charge in [-0.3, -0.25) is 4.90 Å². The number of halogens is 1. The van der Waals surface area contributed by atoms with Crippen LogP contribution in [0.1, 0.15) is 40.2 Å². The minimum Gasteiger partial charge on any atom is -0.295 e. The Labute approximate surface area is 152 Å². The van der Waals surface area contributed by atoms with Crippen LogP contribution in [0.4, 0.5) is 0 Å². The fraction of sp³-hybridized carbons (Fsp3) is 0.364. The quantitative estimate of drug-likeness (QED) is 0.577. The molecule has 0 unspecified atom stereocenters. The van der Waals surface area contributed by atoms with Gasteiger partial charge in [0.2, 0.25) is 0 Å². The van der Waals surface area contributed by atoms with Crippen LogP contribution in [0.2, 0.25) is 5.02 Å². The predicted octanol–water partition coefficient (Wildman–Crippen LogP) is 6.53. The lowest BCUT2D eigenvalue weighted by Gasteiger charge is -2.29. The molecule has 1 nitrogen and oxygen atoms in total. The van der Waals surface area contributed by atoms with E-state index in [1.54, 1.807) is 0 Å². The minimum absolute atomic E-state index is 0.557. The zero-order valence-electron chi connectivity index (χ0n) is 15.4. The van der Waals surface area contributed by atoms with Gasteiger partial charge in [-0.05, 0) is 69.0 Å². The second kappa shape index (κ2) is 8.50. The van der Waals surface area contributed by atoms with E-state index in [0.29, 0.717) is 12.1 Å². The Balaban J connectivity index is 2.12. The van der Waals surface area contributed by atoms with Crippen molar-refractivity contribution >= 4 is 17.2 Å². The fourth-order valence-electron chi connectivity index (χ4n) is 2.95. The first-order valence-corrected chi connectivity index (χ1v) is 9.05. The Kier molecular flexibility index (Phi) is 6.65. The lowest BCUT2D eigenvalue weighted by atomic mass is 10.0. The van der Waals surface area contributed by atoms with E-state index in [4.69, 9.17) is 11.6 Å². The van der Waals surface area contributed by atoms with Gasteiger partial charge in [-0.15, -0.1) is 0 Å². The molecule has 0 saturated carbocycles. The van der Waals surface area contributed by atoms with Gasteiger partial charge in [-0.1, -0.05) is 54.1 Å². The van der Waals surface area contributed by atoms with Gasteiger partial charge < -0.3 is 0 Å². The summed E-state index contributed by atoms with van der Waals surface area (Å²) in [5, 5.41) is 0.772. The van der Waals surface area contributed by atoms with Crippen LogP contribution in [-0.4, -0.2) is 23.5 Å². The van der Waals surface area contributed by atoms with Gasteiger partial charge in [0.15, 0.2) is 0 Å².